The fourth-order valence-electron chi connectivity index (χ4n) is 1.48. The van der Waals surface area contributed by atoms with Gasteiger partial charge in [-0.3, -0.25) is 20.2 Å². The highest BCUT2D eigenvalue weighted by Crippen LogP contribution is 2.23. The zero-order chi connectivity index (χ0) is 14.0. The molecule has 2 rings (SSSR count). The first-order valence-corrected chi connectivity index (χ1v) is 5.74. The quantitative estimate of drug-likeness (QED) is 0.664. The van der Waals surface area contributed by atoms with Crippen molar-refractivity contribution in [2.75, 3.05) is 0 Å². The van der Waals surface area contributed by atoms with E-state index in [-0.39, 0.29) is 17.4 Å². The molecule has 0 atom stereocenters. The summed E-state index contributed by atoms with van der Waals surface area (Å²) in [5.74, 6) is -0.714. The Morgan fingerprint density at radius 3 is 2.68 bits per heavy atom. The van der Waals surface area contributed by atoms with Crippen LogP contribution in [0.1, 0.15) is 28.8 Å². The Balaban J connectivity index is 2.07. The normalized spacial score (nSPS) is 13.7. The average molecular weight is 264 g/mol. The van der Waals surface area contributed by atoms with E-state index in [4.69, 9.17) is 4.74 Å². The second-order valence-electron chi connectivity index (χ2n) is 4.32. The van der Waals surface area contributed by atoms with Gasteiger partial charge in [0.15, 0.2) is 0 Å². The number of imide groups is 1. The Labute approximate surface area is 108 Å². The van der Waals surface area contributed by atoms with E-state index in [1.54, 1.807) is 6.92 Å². The molecule has 1 aliphatic carbocycles. The highest BCUT2D eigenvalue weighted by atomic mass is 16.6. The summed E-state index contributed by atoms with van der Waals surface area (Å²) in [5, 5.41) is 12.8. The largest absolute Gasteiger partial charge is 0.446 e. The highest BCUT2D eigenvalue weighted by Gasteiger charge is 2.27. The van der Waals surface area contributed by atoms with Crippen LogP contribution in [0, 0.1) is 17.0 Å². The predicted octanol–water partition coefficient (Wildman–Crippen LogP) is 1.93. The van der Waals surface area contributed by atoms with Crippen molar-refractivity contribution in [2.24, 2.45) is 0 Å². The zero-order valence-corrected chi connectivity index (χ0v) is 10.2. The molecule has 0 bridgehead atoms. The lowest BCUT2D eigenvalue weighted by Gasteiger charge is -2.05. The monoisotopic (exact) mass is 264 g/mol. The van der Waals surface area contributed by atoms with Crippen LogP contribution in [0.4, 0.5) is 10.5 Å². The maximum absolute atomic E-state index is 11.7. The molecule has 7 heteroatoms. The number of alkyl carbamates (subject to hydrolysis) is 1. The van der Waals surface area contributed by atoms with Crippen LogP contribution in [0.2, 0.25) is 0 Å². The van der Waals surface area contributed by atoms with Crippen LogP contribution in [-0.2, 0) is 4.74 Å². The van der Waals surface area contributed by atoms with Gasteiger partial charge in [-0.1, -0.05) is 6.07 Å². The third-order valence-corrected chi connectivity index (χ3v) is 2.68. The van der Waals surface area contributed by atoms with E-state index in [0.717, 1.165) is 18.9 Å². The van der Waals surface area contributed by atoms with Crippen LogP contribution in [0.3, 0.4) is 0 Å². The molecule has 0 unspecified atom stereocenters. The number of ether oxygens (including phenoxy) is 1. The Morgan fingerprint density at radius 2 is 2.11 bits per heavy atom. The first-order valence-electron chi connectivity index (χ1n) is 5.74. The van der Waals surface area contributed by atoms with Gasteiger partial charge < -0.3 is 4.74 Å². The molecule has 0 spiro atoms. The summed E-state index contributed by atoms with van der Waals surface area (Å²) in [6, 6.07) is 4.01. The summed E-state index contributed by atoms with van der Waals surface area (Å²) in [6.07, 6.45) is 0.672. The van der Waals surface area contributed by atoms with Crippen molar-refractivity contribution in [3.05, 3.63) is 39.4 Å². The van der Waals surface area contributed by atoms with Crippen LogP contribution >= 0.6 is 0 Å². The summed E-state index contributed by atoms with van der Waals surface area (Å²) in [6.45, 7) is 1.57. The predicted molar refractivity (Wildman–Crippen MR) is 64.8 cm³/mol. The summed E-state index contributed by atoms with van der Waals surface area (Å²) >= 11 is 0. The molecule has 1 fully saturated rings. The molecule has 0 aromatic heterocycles. The third-order valence-electron chi connectivity index (χ3n) is 2.68. The maximum atomic E-state index is 11.7. The van der Waals surface area contributed by atoms with E-state index in [2.05, 4.69) is 0 Å². The number of nitrogens with one attached hydrogen (secondary N) is 1. The number of nitrogens with zero attached hydrogens (tertiary/aromatic N) is 1. The Morgan fingerprint density at radius 1 is 1.42 bits per heavy atom. The SMILES string of the molecule is Cc1ccc(C(=O)NC(=O)OC2CC2)cc1[N+](=O)[O-]. The lowest BCUT2D eigenvalue weighted by Crippen LogP contribution is -2.31. The van der Waals surface area contributed by atoms with Crippen molar-refractivity contribution < 1.29 is 19.2 Å². The minimum Gasteiger partial charge on any atom is -0.446 e. The van der Waals surface area contributed by atoms with Gasteiger partial charge in [0, 0.05) is 17.2 Å². The molecule has 100 valence electrons. The average Bonchev–Trinajstić information content (AvgIpc) is 3.12. The van der Waals surface area contributed by atoms with Crippen LogP contribution in [0.5, 0.6) is 0 Å². The van der Waals surface area contributed by atoms with Gasteiger partial charge in [-0.15, -0.1) is 0 Å². The maximum Gasteiger partial charge on any atom is 0.414 e. The number of hydrogen-bond acceptors (Lipinski definition) is 5. The number of carbonyl (C=O) groups is 2. The van der Waals surface area contributed by atoms with Crippen LogP contribution < -0.4 is 5.32 Å². The lowest BCUT2D eigenvalue weighted by atomic mass is 10.1. The van der Waals surface area contributed by atoms with Gasteiger partial charge in [0.05, 0.1) is 4.92 Å². The van der Waals surface area contributed by atoms with Gasteiger partial charge in [0.1, 0.15) is 6.10 Å². The number of nitro benzene ring substituents is 1. The summed E-state index contributed by atoms with van der Waals surface area (Å²) in [7, 11) is 0. The first kappa shape index (κ1) is 13.0. The molecule has 1 N–H and O–H groups in total. The third kappa shape index (κ3) is 3.27. The molecule has 19 heavy (non-hydrogen) atoms. The summed E-state index contributed by atoms with van der Waals surface area (Å²) in [5.41, 5.74) is 0.329. The van der Waals surface area contributed by atoms with Crippen LogP contribution in [0.15, 0.2) is 18.2 Å². The van der Waals surface area contributed by atoms with E-state index in [1.807, 2.05) is 5.32 Å². The van der Waals surface area contributed by atoms with E-state index >= 15 is 0 Å². The topological polar surface area (TPSA) is 98.5 Å². The van der Waals surface area contributed by atoms with Gasteiger partial charge in [0.25, 0.3) is 11.6 Å². The number of aryl methyl sites for hydroxylation is 1. The van der Waals surface area contributed by atoms with Crippen molar-refractivity contribution in [1.29, 1.82) is 0 Å². The van der Waals surface area contributed by atoms with Gasteiger partial charge in [-0.2, -0.15) is 0 Å². The molecule has 2 amide bonds. The van der Waals surface area contributed by atoms with Crippen molar-refractivity contribution in [3.8, 4) is 0 Å². The molecular formula is C12H12N2O5. The summed E-state index contributed by atoms with van der Waals surface area (Å²) in [4.78, 5) is 33.2. The van der Waals surface area contributed by atoms with Crippen molar-refractivity contribution >= 4 is 17.7 Å². The molecule has 7 nitrogen and oxygen atoms in total. The Kier molecular flexibility index (Phi) is 3.46. The molecule has 1 aromatic carbocycles. The lowest BCUT2D eigenvalue weighted by molar-refractivity contribution is -0.385. The highest BCUT2D eigenvalue weighted by molar-refractivity contribution is 6.03. The number of nitro groups is 1. The number of rotatable bonds is 3. The fraction of sp³-hybridized carbons (Fsp3) is 0.333. The van der Waals surface area contributed by atoms with Gasteiger partial charge in [-0.25, -0.2) is 4.79 Å². The number of benzene rings is 1. The van der Waals surface area contributed by atoms with Gasteiger partial charge >= 0.3 is 6.09 Å². The molecule has 0 saturated heterocycles. The molecule has 0 aliphatic heterocycles. The van der Waals surface area contributed by atoms with E-state index in [1.165, 1.54) is 12.1 Å². The Hall–Kier alpha value is -2.44. The number of hydrogen-bond donors (Lipinski definition) is 1. The van der Waals surface area contributed by atoms with Crippen LogP contribution in [0.25, 0.3) is 0 Å². The second-order valence-corrected chi connectivity index (χ2v) is 4.32. The molecule has 1 aromatic rings. The standard InChI is InChI=1S/C12H12N2O5/c1-7-2-3-8(6-10(7)14(17)18)11(15)13-12(16)19-9-4-5-9/h2-3,6,9H,4-5H2,1H3,(H,13,15,16). The van der Waals surface area contributed by atoms with Crippen LogP contribution in [-0.4, -0.2) is 23.0 Å². The van der Waals surface area contributed by atoms with Gasteiger partial charge in [-0.05, 0) is 25.8 Å². The minimum atomic E-state index is -0.823. The second kappa shape index (κ2) is 5.05. The minimum absolute atomic E-state index is 0.0463. The van der Waals surface area contributed by atoms with Crippen molar-refractivity contribution in [3.63, 3.8) is 0 Å². The molecule has 0 radical (unpaired) electrons. The molecule has 1 aliphatic rings. The smallest absolute Gasteiger partial charge is 0.414 e. The van der Waals surface area contributed by atoms with E-state index in [9.17, 15) is 19.7 Å². The number of carbonyl (C=O) groups excluding carboxylic acids is 2. The molecule has 1 saturated carbocycles. The van der Waals surface area contributed by atoms with E-state index < -0.39 is 16.9 Å². The van der Waals surface area contributed by atoms with E-state index in [0.29, 0.717) is 5.56 Å². The first-order chi connectivity index (χ1) is 8.97. The van der Waals surface area contributed by atoms with Crippen molar-refractivity contribution in [1.82, 2.24) is 5.32 Å². The van der Waals surface area contributed by atoms with Gasteiger partial charge in [0.2, 0.25) is 0 Å². The Bertz CT molecular complexity index is 551. The molecule has 0 heterocycles. The molecular weight excluding hydrogens is 252 g/mol. The fourth-order valence-corrected chi connectivity index (χ4v) is 1.48. The zero-order valence-electron chi connectivity index (χ0n) is 10.2. The summed E-state index contributed by atoms with van der Waals surface area (Å²) < 4.78 is 4.85. The van der Waals surface area contributed by atoms with Crippen molar-refractivity contribution in [2.45, 2.75) is 25.9 Å². The number of amides is 2.